The van der Waals surface area contributed by atoms with Gasteiger partial charge in [-0.25, -0.2) is 0 Å². The summed E-state index contributed by atoms with van der Waals surface area (Å²) in [4.78, 5) is 46.2. The molecule has 0 atom stereocenters. The molecule has 9 nitrogen and oxygen atoms in total. The number of benzene rings is 3. The predicted molar refractivity (Wildman–Crippen MR) is 138 cm³/mol. The Balaban J connectivity index is 0.000000249. The number of carboxylic acid groups (broad SMARTS) is 1. The molecule has 186 valence electrons. The third kappa shape index (κ3) is 6.61. The molecule has 0 bridgehead atoms. The van der Waals surface area contributed by atoms with E-state index in [0.717, 1.165) is 17.7 Å². The first-order chi connectivity index (χ1) is 17.2. The number of hydrogen-bond acceptors (Lipinski definition) is 5. The Morgan fingerprint density at radius 3 is 2.14 bits per heavy atom. The summed E-state index contributed by atoms with van der Waals surface area (Å²) in [6.07, 6.45) is 2.17. The summed E-state index contributed by atoms with van der Waals surface area (Å²) in [5.74, 6) is -1.84. The number of nitrogens with zero attached hydrogens (tertiary/aromatic N) is 1. The summed E-state index contributed by atoms with van der Waals surface area (Å²) in [6.45, 7) is -0.526. The van der Waals surface area contributed by atoms with Gasteiger partial charge in [-0.2, -0.15) is 0 Å². The lowest BCUT2D eigenvalue weighted by molar-refractivity contribution is -0.135. The number of carboxylic acids is 1. The van der Waals surface area contributed by atoms with Crippen LogP contribution in [0.25, 0.3) is 0 Å². The Morgan fingerprint density at radius 2 is 1.64 bits per heavy atom. The zero-order valence-corrected chi connectivity index (χ0v) is 19.9. The summed E-state index contributed by atoms with van der Waals surface area (Å²) in [5.41, 5.74) is 14.8. The lowest BCUT2D eigenvalue weighted by atomic mass is 10.1. The highest BCUT2D eigenvalue weighted by atomic mass is 35.5. The van der Waals surface area contributed by atoms with Crippen LogP contribution in [0.4, 0.5) is 17.1 Å². The number of fused-ring (bicyclic) bond motifs is 1. The van der Waals surface area contributed by atoms with Crippen molar-refractivity contribution < 1.29 is 24.3 Å². The monoisotopic (exact) mass is 508 g/mol. The second kappa shape index (κ2) is 11.9. The van der Waals surface area contributed by atoms with Crippen molar-refractivity contribution in [3.05, 3.63) is 88.4 Å². The van der Waals surface area contributed by atoms with Crippen LogP contribution in [0, 0.1) is 5.92 Å². The number of hydrogen-bond donors (Lipinski definition) is 4. The maximum atomic E-state index is 12.6. The highest BCUT2D eigenvalue weighted by molar-refractivity contribution is 6.33. The second-order valence-corrected chi connectivity index (χ2v) is 8.51. The largest absolute Gasteiger partial charge is 0.480 e. The molecule has 6 N–H and O–H groups in total. The van der Waals surface area contributed by atoms with Crippen molar-refractivity contribution in [2.24, 2.45) is 11.7 Å². The van der Waals surface area contributed by atoms with E-state index in [1.807, 2.05) is 12.1 Å². The van der Waals surface area contributed by atoms with Crippen molar-refractivity contribution in [3.63, 3.8) is 0 Å². The van der Waals surface area contributed by atoms with Crippen LogP contribution in [-0.2, 0) is 27.2 Å². The molecule has 0 aliphatic heterocycles. The molecule has 3 aromatic carbocycles. The number of nitrogens with two attached hydrogens (primary N) is 2. The third-order valence-electron chi connectivity index (χ3n) is 5.64. The van der Waals surface area contributed by atoms with Gasteiger partial charge in [0.25, 0.3) is 5.91 Å². The zero-order chi connectivity index (χ0) is 26.2. The van der Waals surface area contributed by atoms with Crippen LogP contribution in [0.1, 0.15) is 21.5 Å². The maximum Gasteiger partial charge on any atom is 0.323 e. The number of nitrogens with one attached hydrogen (secondary N) is 1. The van der Waals surface area contributed by atoms with Crippen molar-refractivity contribution in [2.45, 2.75) is 12.8 Å². The van der Waals surface area contributed by atoms with Crippen LogP contribution in [-0.4, -0.2) is 35.8 Å². The summed E-state index contributed by atoms with van der Waals surface area (Å²) in [5, 5.41) is 11.8. The molecule has 0 radical (unpaired) electrons. The Bertz CT molecular complexity index is 1250. The lowest BCUT2D eigenvalue weighted by Gasteiger charge is -2.21. The molecule has 3 aromatic rings. The molecule has 0 aromatic heterocycles. The number of primary amides is 1. The quantitative estimate of drug-likeness (QED) is 0.284. The molecule has 36 heavy (non-hydrogen) atoms. The minimum absolute atomic E-state index is 0.0300. The molecule has 3 amide bonds. The molecule has 0 saturated carbocycles. The molecular formula is C26H25ClN4O5. The highest BCUT2D eigenvalue weighted by Crippen LogP contribution is 2.26. The average Bonchev–Trinajstić information content (AvgIpc) is 3.30. The maximum absolute atomic E-state index is 12.6. The summed E-state index contributed by atoms with van der Waals surface area (Å²) >= 11 is 5.83. The van der Waals surface area contributed by atoms with E-state index in [1.165, 1.54) is 41.5 Å². The smallest absolute Gasteiger partial charge is 0.323 e. The summed E-state index contributed by atoms with van der Waals surface area (Å²) in [7, 11) is 0. The van der Waals surface area contributed by atoms with Gasteiger partial charge in [0.1, 0.15) is 6.54 Å². The number of nitrogen functional groups attached to an aromatic ring is 1. The Kier molecular flexibility index (Phi) is 8.64. The number of anilines is 3. The number of halogens is 1. The van der Waals surface area contributed by atoms with Gasteiger partial charge < -0.3 is 21.9 Å². The molecule has 0 spiro atoms. The number of amides is 3. The van der Waals surface area contributed by atoms with Crippen molar-refractivity contribution >= 4 is 52.9 Å². The second-order valence-electron chi connectivity index (χ2n) is 8.11. The molecule has 10 heteroatoms. The van der Waals surface area contributed by atoms with Gasteiger partial charge in [-0.1, -0.05) is 35.9 Å². The van der Waals surface area contributed by atoms with Gasteiger partial charge >= 0.3 is 5.97 Å². The van der Waals surface area contributed by atoms with Crippen molar-refractivity contribution in [1.29, 1.82) is 0 Å². The number of carbonyl (C=O) groups excluding carboxylic acids is 3. The molecule has 0 fully saturated rings. The topological polar surface area (TPSA) is 156 Å². The Hall–Kier alpha value is -4.37. The van der Waals surface area contributed by atoms with E-state index in [1.54, 1.807) is 12.1 Å². The molecule has 0 unspecified atom stereocenters. The highest BCUT2D eigenvalue weighted by Gasteiger charge is 2.24. The van der Waals surface area contributed by atoms with Crippen LogP contribution in [0.15, 0.2) is 66.7 Å². The van der Waals surface area contributed by atoms with E-state index in [4.69, 9.17) is 28.2 Å². The fraction of sp³-hybridized carbons (Fsp3) is 0.154. The van der Waals surface area contributed by atoms with E-state index in [2.05, 4.69) is 17.4 Å². The minimum Gasteiger partial charge on any atom is -0.480 e. The van der Waals surface area contributed by atoms with Gasteiger partial charge in [0.2, 0.25) is 12.3 Å². The van der Waals surface area contributed by atoms with Crippen molar-refractivity contribution in [1.82, 2.24) is 0 Å². The Morgan fingerprint density at radius 1 is 1.03 bits per heavy atom. The molecule has 1 aliphatic rings. The third-order valence-corrected chi connectivity index (χ3v) is 5.98. The van der Waals surface area contributed by atoms with Gasteiger partial charge in [-0.05, 0) is 66.4 Å². The van der Waals surface area contributed by atoms with Crippen LogP contribution < -0.4 is 21.7 Å². The van der Waals surface area contributed by atoms with Gasteiger partial charge in [0.15, 0.2) is 0 Å². The number of aliphatic carboxylic acids is 1. The molecule has 4 rings (SSSR count). The zero-order valence-electron chi connectivity index (χ0n) is 19.2. The fourth-order valence-electron chi connectivity index (χ4n) is 3.81. The van der Waals surface area contributed by atoms with Crippen molar-refractivity contribution in [3.8, 4) is 0 Å². The van der Waals surface area contributed by atoms with Crippen LogP contribution >= 0.6 is 11.6 Å². The van der Waals surface area contributed by atoms with Crippen LogP contribution in [0.2, 0.25) is 5.02 Å². The first-order valence-electron chi connectivity index (χ1n) is 10.9. The molecular weight excluding hydrogens is 484 g/mol. The fourth-order valence-corrected chi connectivity index (χ4v) is 3.93. The van der Waals surface area contributed by atoms with Crippen molar-refractivity contribution in [2.75, 3.05) is 22.5 Å². The van der Waals surface area contributed by atoms with E-state index in [0.29, 0.717) is 22.8 Å². The van der Waals surface area contributed by atoms with Gasteiger partial charge in [-0.15, -0.1) is 0 Å². The van der Waals surface area contributed by atoms with Gasteiger partial charge in [0.05, 0.1) is 10.7 Å². The van der Waals surface area contributed by atoms with E-state index < -0.39 is 18.4 Å². The van der Waals surface area contributed by atoms with Crippen LogP contribution in [0.3, 0.4) is 0 Å². The number of carbonyl (C=O) groups is 4. The van der Waals surface area contributed by atoms with Gasteiger partial charge in [0, 0.05) is 22.9 Å². The SMILES string of the molecule is NC(=O)C1Cc2ccccc2C1.Nc1cc(C(=O)N(CC(=O)O)c2ccc(NC=O)cc2)ccc1Cl. The van der Waals surface area contributed by atoms with E-state index >= 15 is 0 Å². The predicted octanol–water partition coefficient (Wildman–Crippen LogP) is 3.11. The standard InChI is InChI=1S/C16H14ClN3O4.C10H11NO/c17-13-6-1-10(7-14(13)18)16(24)20(8-15(22)23)12-4-2-11(3-5-12)19-9-21;11-10(12)9-5-7-3-1-2-4-8(7)6-9/h1-7,9H,8,18H2,(H,19,21)(H,22,23);1-4,9H,5-6H2,(H2,11,12). The van der Waals surface area contributed by atoms with Gasteiger partial charge in [-0.3, -0.25) is 24.1 Å². The molecule has 0 heterocycles. The first kappa shape index (κ1) is 26.2. The molecule has 1 aliphatic carbocycles. The van der Waals surface area contributed by atoms with E-state index in [-0.39, 0.29) is 23.1 Å². The summed E-state index contributed by atoms with van der Waals surface area (Å²) < 4.78 is 0. The van der Waals surface area contributed by atoms with Crippen LogP contribution in [0.5, 0.6) is 0 Å². The normalized spacial score (nSPS) is 12.0. The molecule has 0 saturated heterocycles. The van der Waals surface area contributed by atoms with E-state index in [9.17, 15) is 19.2 Å². The lowest BCUT2D eigenvalue weighted by Crippen LogP contribution is -2.35. The average molecular weight is 509 g/mol. The Labute approximate surface area is 212 Å². The first-order valence-corrected chi connectivity index (χ1v) is 11.3. The summed E-state index contributed by atoms with van der Waals surface area (Å²) in [6, 6.07) is 18.7. The minimum atomic E-state index is -1.17. The number of rotatable bonds is 7.